The highest BCUT2D eigenvalue weighted by molar-refractivity contribution is 5.78. The number of carboxylic acids is 1. The van der Waals surface area contributed by atoms with Crippen molar-refractivity contribution in [3.8, 4) is 0 Å². The molecule has 112 valence electrons. The van der Waals surface area contributed by atoms with E-state index in [0.717, 1.165) is 12.8 Å². The van der Waals surface area contributed by atoms with Gasteiger partial charge in [0.15, 0.2) is 0 Å². The van der Waals surface area contributed by atoms with Crippen molar-refractivity contribution in [2.75, 3.05) is 13.2 Å². The molecule has 0 saturated heterocycles. The lowest BCUT2D eigenvalue weighted by Gasteiger charge is -2.29. The third kappa shape index (κ3) is 6.36. The van der Waals surface area contributed by atoms with Gasteiger partial charge in [-0.1, -0.05) is 0 Å². The van der Waals surface area contributed by atoms with Gasteiger partial charge in [-0.25, -0.2) is 0 Å². The second-order valence-electron chi connectivity index (χ2n) is 5.86. The van der Waals surface area contributed by atoms with Crippen molar-refractivity contribution in [2.45, 2.75) is 70.7 Å². The number of carbonyl (C=O) groups is 1. The van der Waals surface area contributed by atoms with Gasteiger partial charge in [-0.05, 0) is 40.5 Å². The van der Waals surface area contributed by atoms with Gasteiger partial charge in [0.25, 0.3) is 0 Å². The zero-order valence-corrected chi connectivity index (χ0v) is 12.4. The zero-order valence-electron chi connectivity index (χ0n) is 12.4. The first-order valence-corrected chi connectivity index (χ1v) is 7.08. The summed E-state index contributed by atoms with van der Waals surface area (Å²) in [5.74, 6) is -0.812. The summed E-state index contributed by atoms with van der Waals surface area (Å²) < 4.78 is 11.0. The second kappa shape index (κ2) is 7.22. The molecule has 1 fully saturated rings. The topological polar surface area (TPSA) is 67.8 Å². The van der Waals surface area contributed by atoms with Gasteiger partial charge in [-0.15, -0.1) is 0 Å². The van der Waals surface area contributed by atoms with E-state index in [0.29, 0.717) is 25.7 Å². The lowest BCUT2D eigenvalue weighted by Crippen LogP contribution is -2.52. The normalized spacial score (nSPS) is 20.3. The largest absolute Gasteiger partial charge is 0.480 e. The summed E-state index contributed by atoms with van der Waals surface area (Å²) in [6.45, 7) is 8.64. The van der Waals surface area contributed by atoms with Gasteiger partial charge in [-0.3, -0.25) is 10.1 Å². The van der Waals surface area contributed by atoms with Crippen LogP contribution >= 0.6 is 0 Å². The number of hydrogen-bond acceptors (Lipinski definition) is 4. The number of nitrogens with one attached hydrogen (secondary N) is 1. The third-order valence-electron chi connectivity index (χ3n) is 3.20. The van der Waals surface area contributed by atoms with E-state index in [-0.39, 0.29) is 12.2 Å². The lowest BCUT2D eigenvalue weighted by molar-refractivity contribution is -0.146. The van der Waals surface area contributed by atoms with Crippen LogP contribution in [0.25, 0.3) is 0 Å². The Morgan fingerprint density at radius 3 is 2.37 bits per heavy atom. The molecule has 5 heteroatoms. The molecule has 0 aromatic heterocycles. The molecule has 0 radical (unpaired) electrons. The molecule has 1 aliphatic rings. The van der Waals surface area contributed by atoms with Gasteiger partial charge >= 0.3 is 5.97 Å². The van der Waals surface area contributed by atoms with E-state index in [1.807, 2.05) is 20.8 Å². The molecule has 0 heterocycles. The average molecular weight is 273 g/mol. The molecule has 0 bridgehead atoms. The number of aliphatic carboxylic acids is 1. The van der Waals surface area contributed by atoms with Crippen molar-refractivity contribution in [3.63, 3.8) is 0 Å². The molecular formula is C14H27NO4. The van der Waals surface area contributed by atoms with Crippen LogP contribution in [0.4, 0.5) is 0 Å². The predicted molar refractivity (Wildman–Crippen MR) is 73.3 cm³/mol. The van der Waals surface area contributed by atoms with E-state index < -0.39 is 11.5 Å². The first kappa shape index (κ1) is 16.4. The predicted octanol–water partition coefficient (Wildman–Crippen LogP) is 1.80. The molecule has 0 amide bonds. The molecule has 19 heavy (non-hydrogen) atoms. The van der Waals surface area contributed by atoms with Crippen molar-refractivity contribution in [1.29, 1.82) is 0 Å². The molecule has 0 aromatic rings. The van der Waals surface area contributed by atoms with E-state index in [1.165, 1.54) is 0 Å². The maximum Gasteiger partial charge on any atom is 0.323 e. The van der Waals surface area contributed by atoms with Crippen molar-refractivity contribution in [2.24, 2.45) is 0 Å². The quantitative estimate of drug-likeness (QED) is 0.594. The molecule has 0 spiro atoms. The minimum Gasteiger partial charge on any atom is -0.480 e. The molecular weight excluding hydrogens is 246 g/mol. The zero-order chi connectivity index (χ0) is 14.5. The van der Waals surface area contributed by atoms with E-state index >= 15 is 0 Å². The summed E-state index contributed by atoms with van der Waals surface area (Å²) in [5.41, 5.74) is -0.903. The van der Waals surface area contributed by atoms with E-state index in [1.54, 1.807) is 6.92 Å². The van der Waals surface area contributed by atoms with Crippen LogP contribution in [0.1, 0.15) is 47.0 Å². The Labute approximate surface area is 115 Å². The second-order valence-corrected chi connectivity index (χ2v) is 5.86. The SMILES string of the molecule is CC(C)OCCOC(C)CC(C)(NC1CC1)C(=O)O. The van der Waals surface area contributed by atoms with Crippen molar-refractivity contribution in [1.82, 2.24) is 5.32 Å². The van der Waals surface area contributed by atoms with E-state index in [9.17, 15) is 9.90 Å². The van der Waals surface area contributed by atoms with Gasteiger partial charge in [0.05, 0.1) is 25.4 Å². The van der Waals surface area contributed by atoms with Crippen molar-refractivity contribution < 1.29 is 19.4 Å². The molecule has 1 rings (SSSR count). The Balaban J connectivity index is 2.30. The monoisotopic (exact) mass is 273 g/mol. The maximum atomic E-state index is 11.4. The number of rotatable bonds is 10. The summed E-state index contributed by atoms with van der Waals surface area (Å²) in [6, 6.07) is 0.359. The molecule has 1 saturated carbocycles. The minimum absolute atomic E-state index is 0.108. The molecule has 5 nitrogen and oxygen atoms in total. The van der Waals surface area contributed by atoms with Gasteiger partial charge < -0.3 is 14.6 Å². The minimum atomic E-state index is -0.903. The molecule has 1 aliphatic carbocycles. The van der Waals surface area contributed by atoms with Crippen LogP contribution in [0.2, 0.25) is 0 Å². The molecule has 2 atom stereocenters. The summed E-state index contributed by atoms with van der Waals surface area (Å²) in [6.07, 6.45) is 2.68. The lowest BCUT2D eigenvalue weighted by atomic mass is 9.94. The Hall–Kier alpha value is -0.650. The molecule has 2 N–H and O–H groups in total. The molecule has 2 unspecified atom stereocenters. The van der Waals surface area contributed by atoms with Gasteiger partial charge in [0.1, 0.15) is 5.54 Å². The number of carboxylic acid groups (broad SMARTS) is 1. The fourth-order valence-electron chi connectivity index (χ4n) is 2.05. The van der Waals surface area contributed by atoms with Crippen LogP contribution in [0.15, 0.2) is 0 Å². The van der Waals surface area contributed by atoms with Crippen molar-refractivity contribution >= 4 is 5.97 Å². The number of ether oxygens (including phenoxy) is 2. The summed E-state index contributed by atoms with van der Waals surface area (Å²) in [5, 5.41) is 12.6. The highest BCUT2D eigenvalue weighted by Gasteiger charge is 2.39. The fraction of sp³-hybridized carbons (Fsp3) is 0.929. The van der Waals surface area contributed by atoms with E-state index in [4.69, 9.17) is 9.47 Å². The first-order valence-electron chi connectivity index (χ1n) is 7.08. The van der Waals surface area contributed by atoms with Crippen LogP contribution in [0, 0.1) is 0 Å². The summed E-state index contributed by atoms with van der Waals surface area (Å²) in [4.78, 5) is 11.4. The van der Waals surface area contributed by atoms with Gasteiger partial charge in [0, 0.05) is 12.5 Å². The van der Waals surface area contributed by atoms with Crippen LogP contribution < -0.4 is 5.32 Å². The van der Waals surface area contributed by atoms with Gasteiger partial charge in [0.2, 0.25) is 0 Å². The average Bonchev–Trinajstić information content (AvgIpc) is 3.07. The van der Waals surface area contributed by atoms with Crippen LogP contribution in [0.5, 0.6) is 0 Å². The Morgan fingerprint density at radius 1 is 1.32 bits per heavy atom. The Kier molecular flexibility index (Phi) is 6.23. The Morgan fingerprint density at radius 2 is 1.89 bits per heavy atom. The molecule has 0 aliphatic heterocycles. The Bertz CT molecular complexity index is 291. The van der Waals surface area contributed by atoms with Crippen molar-refractivity contribution in [3.05, 3.63) is 0 Å². The summed E-state index contributed by atoms with van der Waals surface area (Å²) in [7, 11) is 0. The highest BCUT2D eigenvalue weighted by atomic mass is 16.5. The van der Waals surface area contributed by atoms with Crippen LogP contribution in [-0.2, 0) is 14.3 Å². The maximum absolute atomic E-state index is 11.4. The molecule has 0 aromatic carbocycles. The van der Waals surface area contributed by atoms with E-state index in [2.05, 4.69) is 5.32 Å². The third-order valence-corrected chi connectivity index (χ3v) is 3.20. The van der Waals surface area contributed by atoms with Crippen LogP contribution in [0.3, 0.4) is 0 Å². The van der Waals surface area contributed by atoms with Crippen LogP contribution in [-0.4, -0.2) is 48.1 Å². The smallest absolute Gasteiger partial charge is 0.323 e. The summed E-state index contributed by atoms with van der Waals surface area (Å²) >= 11 is 0. The van der Waals surface area contributed by atoms with Gasteiger partial charge in [-0.2, -0.15) is 0 Å². The first-order chi connectivity index (χ1) is 8.83. The highest BCUT2D eigenvalue weighted by Crippen LogP contribution is 2.25. The fourth-order valence-corrected chi connectivity index (χ4v) is 2.05. The standard InChI is InChI=1S/C14H27NO4/c1-10(2)18-7-8-19-11(3)9-14(4,13(16)17)15-12-5-6-12/h10-12,15H,5-9H2,1-4H3,(H,16,17). The number of hydrogen-bond donors (Lipinski definition) is 2.